The van der Waals surface area contributed by atoms with Crippen molar-refractivity contribution < 1.29 is 19.1 Å². The Hall–Kier alpha value is -3.17. The van der Waals surface area contributed by atoms with Crippen molar-refractivity contribution >= 4 is 22.3 Å². The van der Waals surface area contributed by atoms with E-state index in [1.54, 1.807) is 18.4 Å². The first kappa shape index (κ1) is 20.7. The summed E-state index contributed by atoms with van der Waals surface area (Å²) < 4.78 is 12.1. The largest absolute Gasteiger partial charge is 0.492 e. The first-order valence-corrected chi connectivity index (χ1v) is 11.5. The van der Waals surface area contributed by atoms with Crippen molar-refractivity contribution in [1.82, 2.24) is 19.5 Å². The van der Waals surface area contributed by atoms with Crippen molar-refractivity contribution in [3.8, 4) is 17.5 Å². The number of benzene rings is 1. The summed E-state index contributed by atoms with van der Waals surface area (Å²) >= 11 is 1.40. The molecule has 0 aliphatic carbocycles. The molecule has 1 aliphatic heterocycles. The molecule has 166 valence electrons. The first-order chi connectivity index (χ1) is 15.7. The minimum absolute atomic E-state index is 0.0578. The number of ether oxygens (including phenoxy) is 1. The number of hydrogen-bond acceptors (Lipinski definition) is 8. The van der Waals surface area contributed by atoms with Crippen LogP contribution in [0.2, 0.25) is 0 Å². The molecule has 0 amide bonds. The lowest BCUT2D eigenvalue weighted by Crippen LogP contribution is -2.41. The molecule has 8 nitrogen and oxygen atoms in total. The average Bonchev–Trinajstić information content (AvgIpc) is 3.54. The number of thiazole rings is 1. The topological polar surface area (TPSA) is 93.1 Å². The summed E-state index contributed by atoms with van der Waals surface area (Å²) in [4.78, 5) is 20.6. The van der Waals surface area contributed by atoms with Gasteiger partial charge in [-0.05, 0) is 44.0 Å². The molecule has 0 bridgehead atoms. The number of furan rings is 1. The number of carbonyl (C=O) groups is 1. The van der Waals surface area contributed by atoms with Crippen LogP contribution in [-0.2, 0) is 9.53 Å². The predicted octanol–water partition coefficient (Wildman–Crippen LogP) is 4.12. The number of aromatic nitrogens is 3. The summed E-state index contributed by atoms with van der Waals surface area (Å²) in [5.74, 6) is 0.709. The number of fused-ring (bicyclic) bond motifs is 1. The fourth-order valence-corrected chi connectivity index (χ4v) is 5.41. The Balaban J connectivity index is 1.53. The summed E-state index contributed by atoms with van der Waals surface area (Å²) in [7, 11) is 0. The van der Waals surface area contributed by atoms with E-state index in [1.807, 2.05) is 37.3 Å². The van der Waals surface area contributed by atoms with E-state index < -0.39 is 0 Å². The molecule has 3 aromatic heterocycles. The smallest absolute Gasteiger partial charge is 0.310 e. The summed E-state index contributed by atoms with van der Waals surface area (Å²) in [5.41, 5.74) is 1.04. The summed E-state index contributed by atoms with van der Waals surface area (Å²) in [6, 6.07) is 13.4. The molecule has 1 N–H and O–H groups in total. The second-order valence-corrected chi connectivity index (χ2v) is 8.81. The van der Waals surface area contributed by atoms with E-state index in [2.05, 4.69) is 15.0 Å². The highest BCUT2D eigenvalue weighted by Crippen LogP contribution is 2.41. The lowest BCUT2D eigenvalue weighted by atomic mass is 9.94. The van der Waals surface area contributed by atoms with E-state index in [0.717, 1.165) is 29.8 Å². The maximum Gasteiger partial charge on any atom is 0.310 e. The van der Waals surface area contributed by atoms with Crippen LogP contribution in [0.5, 0.6) is 5.88 Å². The number of rotatable bonds is 6. The SMILES string of the molecule is CCOC(=O)[C@@H]1CCCN([C@@H](c2ccccc2)c2sc3nc(-c4ccco4)nn3c2O)C1. The third-order valence-corrected chi connectivity index (χ3v) is 6.82. The second-order valence-electron chi connectivity index (χ2n) is 7.80. The lowest BCUT2D eigenvalue weighted by molar-refractivity contribution is -0.150. The van der Waals surface area contributed by atoms with Crippen molar-refractivity contribution in [2.24, 2.45) is 5.92 Å². The predicted molar refractivity (Wildman–Crippen MR) is 119 cm³/mol. The molecule has 32 heavy (non-hydrogen) atoms. The number of nitrogens with zero attached hydrogens (tertiary/aromatic N) is 4. The third-order valence-electron chi connectivity index (χ3n) is 5.74. The van der Waals surface area contributed by atoms with E-state index in [-0.39, 0.29) is 23.8 Å². The summed E-state index contributed by atoms with van der Waals surface area (Å²) in [5, 5.41) is 15.6. The Labute approximate surface area is 189 Å². The molecule has 1 aromatic carbocycles. The van der Waals surface area contributed by atoms with Crippen LogP contribution < -0.4 is 0 Å². The number of piperidine rings is 1. The van der Waals surface area contributed by atoms with Gasteiger partial charge in [-0.15, -0.1) is 5.10 Å². The van der Waals surface area contributed by atoms with Gasteiger partial charge in [0.2, 0.25) is 16.7 Å². The summed E-state index contributed by atoms with van der Waals surface area (Å²) in [6.07, 6.45) is 3.26. The molecule has 4 aromatic rings. The second kappa shape index (κ2) is 8.76. The van der Waals surface area contributed by atoms with Gasteiger partial charge < -0.3 is 14.3 Å². The molecular weight excluding hydrogens is 428 g/mol. The van der Waals surface area contributed by atoms with Crippen LogP contribution in [0.25, 0.3) is 16.5 Å². The molecular formula is C23H24N4O4S. The molecule has 9 heteroatoms. The van der Waals surface area contributed by atoms with Gasteiger partial charge in [-0.25, -0.2) is 0 Å². The monoisotopic (exact) mass is 452 g/mol. The lowest BCUT2D eigenvalue weighted by Gasteiger charge is -2.37. The molecule has 0 spiro atoms. The molecule has 0 radical (unpaired) electrons. The van der Waals surface area contributed by atoms with Gasteiger partial charge >= 0.3 is 5.97 Å². The average molecular weight is 453 g/mol. The molecule has 1 aliphatic rings. The fourth-order valence-electron chi connectivity index (χ4n) is 4.30. The normalized spacial score (nSPS) is 18.1. The van der Waals surface area contributed by atoms with Gasteiger partial charge in [0.1, 0.15) is 0 Å². The van der Waals surface area contributed by atoms with Crippen LogP contribution in [0.1, 0.15) is 36.2 Å². The number of aromatic hydroxyl groups is 1. The van der Waals surface area contributed by atoms with E-state index >= 15 is 0 Å². The quantitative estimate of drug-likeness (QED) is 0.440. The van der Waals surface area contributed by atoms with Gasteiger partial charge in [0.15, 0.2) is 5.76 Å². The molecule has 5 rings (SSSR count). The highest BCUT2D eigenvalue weighted by atomic mass is 32.1. The standard InChI is InChI=1S/C23H24N4O4S/c1-2-30-22(29)16-10-6-12-26(14-16)18(15-8-4-3-5-9-15)19-21(28)27-23(32-19)24-20(25-27)17-11-7-13-31-17/h3-5,7-9,11,13,16,18,28H,2,6,10,12,14H2,1H3/t16-,18+/m1/s1. The maximum atomic E-state index is 12.4. The molecule has 2 atom stereocenters. The number of likely N-dealkylation sites (tertiary alicyclic amines) is 1. The molecule has 1 saturated heterocycles. The number of hydrogen-bond donors (Lipinski definition) is 1. The van der Waals surface area contributed by atoms with E-state index in [0.29, 0.717) is 29.7 Å². The van der Waals surface area contributed by atoms with E-state index in [9.17, 15) is 9.90 Å². The zero-order valence-corrected chi connectivity index (χ0v) is 18.5. The Bertz CT molecular complexity index is 1200. The van der Waals surface area contributed by atoms with Gasteiger partial charge in [0.05, 0.1) is 29.7 Å². The van der Waals surface area contributed by atoms with Gasteiger partial charge in [-0.1, -0.05) is 41.7 Å². The molecule has 1 fully saturated rings. The zero-order chi connectivity index (χ0) is 22.1. The minimum Gasteiger partial charge on any atom is -0.492 e. The van der Waals surface area contributed by atoms with Crippen molar-refractivity contribution in [1.29, 1.82) is 0 Å². The van der Waals surface area contributed by atoms with Crippen LogP contribution in [0.15, 0.2) is 53.1 Å². The molecule has 0 saturated carbocycles. The first-order valence-electron chi connectivity index (χ1n) is 10.7. The van der Waals surface area contributed by atoms with Gasteiger partial charge in [-0.3, -0.25) is 9.69 Å². The minimum atomic E-state index is -0.214. The number of carbonyl (C=O) groups excluding carboxylic acids is 1. The van der Waals surface area contributed by atoms with Crippen LogP contribution in [0.4, 0.5) is 0 Å². The van der Waals surface area contributed by atoms with E-state index in [4.69, 9.17) is 9.15 Å². The van der Waals surface area contributed by atoms with Crippen LogP contribution in [0, 0.1) is 5.92 Å². The van der Waals surface area contributed by atoms with Gasteiger partial charge in [0, 0.05) is 6.54 Å². The maximum absolute atomic E-state index is 12.4. The fraction of sp³-hybridized carbons (Fsp3) is 0.348. The third kappa shape index (κ3) is 3.78. The van der Waals surface area contributed by atoms with Crippen LogP contribution in [-0.4, -0.2) is 50.3 Å². The van der Waals surface area contributed by atoms with Gasteiger partial charge in [0.25, 0.3) is 0 Å². The van der Waals surface area contributed by atoms with Crippen molar-refractivity contribution in [3.63, 3.8) is 0 Å². The van der Waals surface area contributed by atoms with Crippen molar-refractivity contribution in [3.05, 3.63) is 59.2 Å². The Morgan fingerprint density at radius 2 is 2.16 bits per heavy atom. The zero-order valence-electron chi connectivity index (χ0n) is 17.7. The Morgan fingerprint density at radius 3 is 2.88 bits per heavy atom. The van der Waals surface area contributed by atoms with Gasteiger partial charge in [-0.2, -0.15) is 9.50 Å². The van der Waals surface area contributed by atoms with Crippen LogP contribution in [0.3, 0.4) is 0 Å². The van der Waals surface area contributed by atoms with Crippen molar-refractivity contribution in [2.45, 2.75) is 25.8 Å². The highest BCUT2D eigenvalue weighted by molar-refractivity contribution is 7.17. The molecule has 0 unspecified atom stereocenters. The van der Waals surface area contributed by atoms with E-state index in [1.165, 1.54) is 15.9 Å². The number of esters is 1. The summed E-state index contributed by atoms with van der Waals surface area (Å²) in [6.45, 7) is 3.60. The molecule has 4 heterocycles. The van der Waals surface area contributed by atoms with Crippen LogP contribution >= 0.6 is 11.3 Å². The van der Waals surface area contributed by atoms with Crippen molar-refractivity contribution in [2.75, 3.05) is 19.7 Å². The Morgan fingerprint density at radius 1 is 1.31 bits per heavy atom. The Kier molecular flexibility index (Phi) is 5.67. The highest BCUT2D eigenvalue weighted by Gasteiger charge is 2.35.